The Kier molecular flexibility index (Phi) is 6.13. The van der Waals surface area contributed by atoms with Gasteiger partial charge in [-0.25, -0.2) is 9.59 Å². The molecule has 0 saturated carbocycles. The van der Waals surface area contributed by atoms with Crippen LogP contribution in [0.1, 0.15) is 39.9 Å². The molecule has 0 bridgehead atoms. The molecule has 0 radical (unpaired) electrons. The molecular formula is C26H24N2O5. The first-order valence-electron chi connectivity index (χ1n) is 10.6. The first-order chi connectivity index (χ1) is 15.8. The van der Waals surface area contributed by atoms with Gasteiger partial charge >= 0.3 is 12.1 Å². The maximum Gasteiger partial charge on any atom is 0.407 e. The van der Waals surface area contributed by atoms with Crippen molar-refractivity contribution in [3.8, 4) is 11.1 Å². The van der Waals surface area contributed by atoms with Crippen LogP contribution in [0.2, 0.25) is 0 Å². The molecule has 0 aliphatic heterocycles. The monoisotopic (exact) mass is 444 g/mol. The highest BCUT2D eigenvalue weighted by molar-refractivity contribution is 6.02. The van der Waals surface area contributed by atoms with Gasteiger partial charge in [0.1, 0.15) is 12.6 Å². The fourth-order valence-electron chi connectivity index (χ4n) is 4.07. The smallest absolute Gasteiger partial charge is 0.407 e. The molecule has 1 atom stereocenters. The summed E-state index contributed by atoms with van der Waals surface area (Å²) in [7, 11) is 0. The second kappa shape index (κ2) is 9.16. The van der Waals surface area contributed by atoms with Gasteiger partial charge < -0.3 is 20.5 Å². The quantitative estimate of drug-likeness (QED) is 0.517. The van der Waals surface area contributed by atoms with Gasteiger partial charge in [0.25, 0.3) is 0 Å². The molecule has 33 heavy (non-hydrogen) atoms. The van der Waals surface area contributed by atoms with Gasteiger partial charge in [0.2, 0.25) is 5.91 Å². The number of hydrogen-bond donors (Lipinski definition) is 3. The van der Waals surface area contributed by atoms with Gasteiger partial charge in [0.15, 0.2) is 0 Å². The van der Waals surface area contributed by atoms with Crippen molar-refractivity contribution in [3.05, 3.63) is 89.0 Å². The summed E-state index contributed by atoms with van der Waals surface area (Å²) >= 11 is 0. The van der Waals surface area contributed by atoms with E-state index in [0.717, 1.165) is 27.8 Å². The lowest BCUT2D eigenvalue weighted by molar-refractivity contribution is -0.117. The summed E-state index contributed by atoms with van der Waals surface area (Å²) in [5.74, 6) is -1.78. The molecule has 4 rings (SSSR count). The van der Waals surface area contributed by atoms with Crippen LogP contribution in [-0.4, -0.2) is 35.7 Å². The zero-order valence-corrected chi connectivity index (χ0v) is 18.3. The minimum absolute atomic E-state index is 0.0170. The van der Waals surface area contributed by atoms with Gasteiger partial charge in [0, 0.05) is 5.92 Å². The molecule has 7 nitrogen and oxygen atoms in total. The van der Waals surface area contributed by atoms with Crippen molar-refractivity contribution < 1.29 is 24.2 Å². The zero-order valence-electron chi connectivity index (χ0n) is 18.3. The lowest BCUT2D eigenvalue weighted by Crippen LogP contribution is -2.42. The van der Waals surface area contributed by atoms with Crippen LogP contribution >= 0.6 is 0 Å². The second-order valence-electron chi connectivity index (χ2n) is 8.04. The predicted octanol–water partition coefficient (Wildman–Crippen LogP) is 4.56. The number of fused-ring (bicyclic) bond motifs is 3. The van der Waals surface area contributed by atoms with E-state index in [1.54, 1.807) is 13.0 Å². The maximum atomic E-state index is 12.5. The average molecular weight is 444 g/mol. The van der Waals surface area contributed by atoms with Crippen LogP contribution in [0.4, 0.5) is 10.5 Å². The highest BCUT2D eigenvalue weighted by Gasteiger charge is 2.29. The summed E-state index contributed by atoms with van der Waals surface area (Å²) in [6.45, 7) is 3.40. The molecule has 3 aromatic rings. The van der Waals surface area contributed by atoms with E-state index in [2.05, 4.69) is 22.8 Å². The van der Waals surface area contributed by atoms with E-state index in [4.69, 9.17) is 4.74 Å². The Hall–Kier alpha value is -4.13. The van der Waals surface area contributed by atoms with Gasteiger partial charge in [-0.2, -0.15) is 0 Å². The summed E-state index contributed by atoms with van der Waals surface area (Å²) in [6.07, 6.45) is -0.720. The van der Waals surface area contributed by atoms with Crippen LogP contribution in [-0.2, 0) is 9.53 Å². The Morgan fingerprint density at radius 3 is 2.18 bits per heavy atom. The Morgan fingerprint density at radius 2 is 1.58 bits per heavy atom. The number of benzene rings is 3. The number of hydrogen-bond acceptors (Lipinski definition) is 4. The summed E-state index contributed by atoms with van der Waals surface area (Å²) in [6, 6.07) is 19.8. The Bertz CT molecular complexity index is 1190. The molecule has 3 aromatic carbocycles. The van der Waals surface area contributed by atoms with Crippen molar-refractivity contribution >= 4 is 23.7 Å². The third-order valence-corrected chi connectivity index (χ3v) is 5.73. The largest absolute Gasteiger partial charge is 0.478 e. The zero-order chi connectivity index (χ0) is 23.5. The molecule has 0 unspecified atom stereocenters. The topological polar surface area (TPSA) is 105 Å². The summed E-state index contributed by atoms with van der Waals surface area (Å²) in [5, 5.41) is 14.4. The van der Waals surface area contributed by atoms with Gasteiger partial charge in [-0.05, 0) is 48.2 Å². The lowest BCUT2D eigenvalue weighted by Gasteiger charge is -2.17. The third-order valence-electron chi connectivity index (χ3n) is 5.73. The van der Waals surface area contributed by atoms with Gasteiger partial charge in [-0.15, -0.1) is 0 Å². The van der Waals surface area contributed by atoms with Crippen LogP contribution in [0.5, 0.6) is 0 Å². The summed E-state index contributed by atoms with van der Waals surface area (Å²) < 4.78 is 5.46. The number of anilines is 1. The lowest BCUT2D eigenvalue weighted by atomic mass is 9.98. The molecule has 168 valence electrons. The van der Waals surface area contributed by atoms with Crippen molar-refractivity contribution in [3.63, 3.8) is 0 Å². The standard InChI is InChI=1S/C26H24N2O5/c1-15-11-12-23(21(13-15)25(30)31)28-24(29)16(2)27-26(32)33-14-22-19-9-5-3-7-17(19)18-8-4-6-10-20(18)22/h3-13,16,22H,14H2,1-2H3,(H,27,32)(H,28,29)(H,30,31)/t16-/m1/s1. The molecule has 0 fully saturated rings. The Balaban J connectivity index is 1.38. The number of amides is 2. The Morgan fingerprint density at radius 1 is 0.970 bits per heavy atom. The third kappa shape index (κ3) is 4.57. The average Bonchev–Trinajstić information content (AvgIpc) is 3.12. The van der Waals surface area contributed by atoms with E-state index in [9.17, 15) is 19.5 Å². The van der Waals surface area contributed by atoms with E-state index in [1.807, 2.05) is 36.4 Å². The van der Waals surface area contributed by atoms with Crippen molar-refractivity contribution in [2.24, 2.45) is 0 Å². The fraction of sp³-hybridized carbons (Fsp3) is 0.192. The van der Waals surface area contributed by atoms with E-state index in [-0.39, 0.29) is 23.8 Å². The summed E-state index contributed by atoms with van der Waals surface area (Å²) in [5.41, 5.74) is 5.35. The molecule has 1 aliphatic carbocycles. The summed E-state index contributed by atoms with van der Waals surface area (Å²) in [4.78, 5) is 36.4. The second-order valence-corrected chi connectivity index (χ2v) is 8.04. The van der Waals surface area contributed by atoms with Crippen molar-refractivity contribution in [2.75, 3.05) is 11.9 Å². The normalized spacial score (nSPS) is 12.9. The predicted molar refractivity (Wildman–Crippen MR) is 124 cm³/mol. The number of aromatic carboxylic acids is 1. The molecule has 0 aromatic heterocycles. The minimum Gasteiger partial charge on any atom is -0.478 e. The number of carbonyl (C=O) groups excluding carboxylic acids is 2. The van der Waals surface area contributed by atoms with Crippen molar-refractivity contribution in [1.29, 1.82) is 0 Å². The van der Waals surface area contributed by atoms with Gasteiger partial charge in [-0.3, -0.25) is 4.79 Å². The fourth-order valence-corrected chi connectivity index (χ4v) is 4.07. The number of nitrogens with one attached hydrogen (secondary N) is 2. The number of aryl methyl sites for hydroxylation is 1. The molecular weight excluding hydrogens is 420 g/mol. The minimum atomic E-state index is -1.15. The molecule has 3 N–H and O–H groups in total. The molecule has 0 saturated heterocycles. The first-order valence-corrected chi connectivity index (χ1v) is 10.6. The SMILES string of the molecule is Cc1ccc(NC(=O)[C@@H](C)NC(=O)OCC2c3ccccc3-c3ccccc32)c(C(=O)O)c1. The first kappa shape index (κ1) is 22.1. The van der Waals surface area contributed by atoms with Crippen LogP contribution < -0.4 is 10.6 Å². The molecule has 1 aliphatic rings. The van der Waals surface area contributed by atoms with Crippen LogP contribution in [0, 0.1) is 6.92 Å². The Labute approximate surface area is 191 Å². The highest BCUT2D eigenvalue weighted by Crippen LogP contribution is 2.44. The number of ether oxygens (including phenoxy) is 1. The molecule has 2 amide bonds. The van der Waals surface area contributed by atoms with Crippen LogP contribution in [0.3, 0.4) is 0 Å². The van der Waals surface area contributed by atoms with E-state index in [0.29, 0.717) is 0 Å². The number of rotatable bonds is 6. The van der Waals surface area contributed by atoms with Gasteiger partial charge in [0.05, 0.1) is 11.3 Å². The van der Waals surface area contributed by atoms with Crippen molar-refractivity contribution in [2.45, 2.75) is 25.8 Å². The number of carboxylic acid groups (broad SMARTS) is 1. The van der Waals surface area contributed by atoms with E-state index >= 15 is 0 Å². The number of carbonyl (C=O) groups is 3. The molecule has 0 spiro atoms. The van der Waals surface area contributed by atoms with Gasteiger partial charge in [-0.1, -0.05) is 60.2 Å². The van der Waals surface area contributed by atoms with Crippen molar-refractivity contribution in [1.82, 2.24) is 5.32 Å². The number of carboxylic acids is 1. The van der Waals surface area contributed by atoms with Crippen LogP contribution in [0.15, 0.2) is 66.7 Å². The van der Waals surface area contributed by atoms with E-state index in [1.165, 1.54) is 19.1 Å². The van der Waals surface area contributed by atoms with Crippen LogP contribution in [0.25, 0.3) is 11.1 Å². The van der Waals surface area contributed by atoms with E-state index < -0.39 is 24.0 Å². The molecule has 0 heterocycles. The highest BCUT2D eigenvalue weighted by atomic mass is 16.5. The maximum absolute atomic E-state index is 12.5. The molecule has 7 heteroatoms. The number of alkyl carbamates (subject to hydrolysis) is 1.